The van der Waals surface area contributed by atoms with E-state index in [1.54, 1.807) is 0 Å². The number of hydrogen-bond acceptors (Lipinski definition) is 3. The number of nitrogens with one attached hydrogen (secondary N) is 1. The highest BCUT2D eigenvalue weighted by atomic mass is 35.5. The minimum atomic E-state index is -0.245. The van der Waals surface area contributed by atoms with Gasteiger partial charge in [-0.2, -0.15) is 0 Å². The van der Waals surface area contributed by atoms with Crippen LogP contribution in [0.15, 0.2) is 53.5 Å². The minimum Gasteiger partial charge on any atom is -0.325 e. The average molecular weight is 312 g/mol. The number of hydrogen-bond donors (Lipinski definition) is 1. The molecular weight excluding hydrogens is 298 g/mol. The molecule has 0 unspecified atom stereocenters. The van der Waals surface area contributed by atoms with E-state index in [1.807, 2.05) is 53.4 Å². The Balaban J connectivity index is 1.67. The molecule has 2 aliphatic heterocycles. The van der Waals surface area contributed by atoms with E-state index >= 15 is 0 Å². The number of aliphatic imine (C=N–C) groups is 1. The number of guanidine groups is 1. The highest BCUT2D eigenvalue weighted by Gasteiger charge is 2.39. The van der Waals surface area contributed by atoms with Gasteiger partial charge in [0.25, 0.3) is 0 Å². The first-order chi connectivity index (χ1) is 10.7. The van der Waals surface area contributed by atoms with E-state index in [4.69, 9.17) is 11.6 Å². The lowest BCUT2D eigenvalue weighted by atomic mass is 10.0. The van der Waals surface area contributed by atoms with Crippen LogP contribution in [-0.4, -0.2) is 22.8 Å². The van der Waals surface area contributed by atoms with Gasteiger partial charge in [-0.1, -0.05) is 48.0 Å². The predicted octanol–water partition coefficient (Wildman–Crippen LogP) is 2.88. The molecule has 0 aromatic heterocycles. The maximum Gasteiger partial charge on any atom is 0.249 e. The minimum absolute atomic E-state index is 0.00784. The maximum atomic E-state index is 12.3. The summed E-state index contributed by atoms with van der Waals surface area (Å²) < 4.78 is 0. The van der Waals surface area contributed by atoms with Crippen LogP contribution in [0.3, 0.4) is 0 Å². The maximum absolute atomic E-state index is 12.3. The first-order valence-corrected chi connectivity index (χ1v) is 7.58. The number of rotatable bonds is 2. The van der Waals surface area contributed by atoms with Gasteiger partial charge >= 0.3 is 0 Å². The van der Waals surface area contributed by atoms with Crippen molar-refractivity contribution < 1.29 is 4.79 Å². The predicted molar refractivity (Wildman–Crippen MR) is 86.2 cm³/mol. The van der Waals surface area contributed by atoms with Crippen molar-refractivity contribution in [3.05, 3.63) is 64.7 Å². The van der Waals surface area contributed by atoms with Crippen molar-refractivity contribution in [3.8, 4) is 0 Å². The Bertz CT molecular complexity index is 773. The molecular formula is C17H14ClN3O. The fourth-order valence-corrected chi connectivity index (χ4v) is 3.19. The number of carbonyl (C=O) groups is 1. The van der Waals surface area contributed by atoms with Crippen LogP contribution in [0.25, 0.3) is 0 Å². The van der Waals surface area contributed by atoms with Crippen molar-refractivity contribution in [1.82, 2.24) is 10.2 Å². The molecule has 1 amide bonds. The van der Waals surface area contributed by atoms with Gasteiger partial charge in [0.05, 0.1) is 12.2 Å². The molecule has 1 atom stereocenters. The summed E-state index contributed by atoms with van der Waals surface area (Å²) in [6.07, 6.45) is 0.658. The third-order valence-electron chi connectivity index (χ3n) is 4.11. The standard InChI is InChI=1S/C17H14ClN3O/c18-13-7-4-8-14-12(13)10-21-15(16(22)20-17(21)19-14)9-11-5-2-1-3-6-11/h1-8,15H,9-10H2,(H,19,20,22)/t15-/m0/s1. The Morgan fingerprint density at radius 2 is 2.00 bits per heavy atom. The molecule has 1 saturated heterocycles. The van der Waals surface area contributed by atoms with Gasteiger partial charge in [0.1, 0.15) is 6.04 Å². The van der Waals surface area contributed by atoms with Gasteiger partial charge in [0.2, 0.25) is 11.9 Å². The Labute approximate surface area is 133 Å². The molecule has 110 valence electrons. The van der Waals surface area contributed by atoms with Crippen LogP contribution in [0.2, 0.25) is 5.02 Å². The second-order valence-electron chi connectivity index (χ2n) is 5.50. The lowest BCUT2D eigenvalue weighted by Crippen LogP contribution is -2.38. The van der Waals surface area contributed by atoms with Gasteiger partial charge in [0, 0.05) is 17.0 Å². The summed E-state index contributed by atoms with van der Waals surface area (Å²) in [5.74, 6) is 0.618. The zero-order valence-electron chi connectivity index (χ0n) is 11.8. The fraction of sp³-hybridized carbons (Fsp3) is 0.176. The molecule has 4 nitrogen and oxygen atoms in total. The van der Waals surface area contributed by atoms with Gasteiger partial charge in [0.15, 0.2) is 0 Å². The van der Waals surface area contributed by atoms with E-state index < -0.39 is 0 Å². The Morgan fingerprint density at radius 1 is 1.18 bits per heavy atom. The topological polar surface area (TPSA) is 44.7 Å². The number of benzene rings is 2. The number of carbonyl (C=O) groups excluding carboxylic acids is 1. The molecule has 0 radical (unpaired) electrons. The van der Waals surface area contributed by atoms with Gasteiger partial charge in [-0.3, -0.25) is 10.1 Å². The SMILES string of the molecule is O=C1NC2=Nc3cccc(Cl)c3CN2[C@H]1Cc1ccccc1. The Morgan fingerprint density at radius 3 is 2.82 bits per heavy atom. The van der Waals surface area contributed by atoms with E-state index in [-0.39, 0.29) is 11.9 Å². The molecule has 1 fully saturated rings. The number of amides is 1. The van der Waals surface area contributed by atoms with Gasteiger partial charge in [-0.15, -0.1) is 0 Å². The van der Waals surface area contributed by atoms with Crippen LogP contribution < -0.4 is 5.32 Å². The lowest BCUT2D eigenvalue weighted by molar-refractivity contribution is -0.121. The van der Waals surface area contributed by atoms with E-state index in [1.165, 1.54) is 0 Å². The normalized spacial score (nSPS) is 19.3. The van der Waals surface area contributed by atoms with Crippen LogP contribution >= 0.6 is 11.6 Å². The van der Waals surface area contributed by atoms with Crippen LogP contribution in [0.1, 0.15) is 11.1 Å². The molecule has 0 saturated carbocycles. The van der Waals surface area contributed by atoms with Gasteiger partial charge in [-0.25, -0.2) is 4.99 Å². The summed E-state index contributed by atoms with van der Waals surface area (Å²) in [6.45, 7) is 0.601. The van der Waals surface area contributed by atoms with Gasteiger partial charge in [-0.05, 0) is 17.7 Å². The Hall–Kier alpha value is -2.33. The highest BCUT2D eigenvalue weighted by molar-refractivity contribution is 6.31. The second-order valence-corrected chi connectivity index (χ2v) is 5.90. The van der Waals surface area contributed by atoms with Crippen LogP contribution in [0.5, 0.6) is 0 Å². The van der Waals surface area contributed by atoms with Crippen molar-refractivity contribution in [1.29, 1.82) is 0 Å². The molecule has 2 aliphatic rings. The first kappa shape index (κ1) is 13.3. The van der Waals surface area contributed by atoms with Crippen LogP contribution in [-0.2, 0) is 17.8 Å². The smallest absolute Gasteiger partial charge is 0.249 e. The monoisotopic (exact) mass is 311 g/mol. The summed E-state index contributed by atoms with van der Waals surface area (Å²) in [6, 6.07) is 15.4. The number of fused-ring (bicyclic) bond motifs is 2. The second kappa shape index (κ2) is 5.14. The van der Waals surface area contributed by atoms with Crippen molar-refractivity contribution >= 4 is 29.2 Å². The van der Waals surface area contributed by atoms with E-state index in [9.17, 15) is 4.79 Å². The van der Waals surface area contributed by atoms with Crippen molar-refractivity contribution in [3.63, 3.8) is 0 Å². The third kappa shape index (κ3) is 2.16. The third-order valence-corrected chi connectivity index (χ3v) is 4.46. The van der Waals surface area contributed by atoms with Crippen LogP contribution in [0.4, 0.5) is 5.69 Å². The van der Waals surface area contributed by atoms with Crippen molar-refractivity contribution in [2.24, 2.45) is 4.99 Å². The Kier molecular flexibility index (Phi) is 3.12. The molecule has 5 heteroatoms. The molecule has 0 aliphatic carbocycles. The quantitative estimate of drug-likeness (QED) is 0.927. The highest BCUT2D eigenvalue weighted by Crippen LogP contribution is 2.34. The number of halogens is 1. The van der Waals surface area contributed by atoms with Crippen LogP contribution in [0, 0.1) is 0 Å². The van der Waals surface area contributed by atoms with Gasteiger partial charge < -0.3 is 4.90 Å². The summed E-state index contributed by atoms with van der Waals surface area (Å²) >= 11 is 6.28. The van der Waals surface area contributed by atoms with E-state index in [0.717, 1.165) is 16.8 Å². The number of nitrogens with zero attached hydrogens (tertiary/aromatic N) is 2. The largest absolute Gasteiger partial charge is 0.325 e. The fourth-order valence-electron chi connectivity index (χ4n) is 2.96. The zero-order chi connectivity index (χ0) is 15.1. The molecule has 0 bridgehead atoms. The molecule has 2 heterocycles. The summed E-state index contributed by atoms with van der Waals surface area (Å²) in [7, 11) is 0. The first-order valence-electron chi connectivity index (χ1n) is 7.20. The van der Waals surface area contributed by atoms with Crippen molar-refractivity contribution in [2.45, 2.75) is 19.0 Å². The molecule has 22 heavy (non-hydrogen) atoms. The summed E-state index contributed by atoms with van der Waals surface area (Å²) in [4.78, 5) is 18.9. The molecule has 2 aromatic carbocycles. The van der Waals surface area contributed by atoms with E-state index in [0.29, 0.717) is 23.9 Å². The molecule has 0 spiro atoms. The zero-order valence-corrected chi connectivity index (χ0v) is 12.5. The molecule has 2 aromatic rings. The van der Waals surface area contributed by atoms with Crippen molar-refractivity contribution in [2.75, 3.05) is 0 Å². The summed E-state index contributed by atoms with van der Waals surface area (Å²) in [5.41, 5.74) is 2.94. The average Bonchev–Trinajstić information content (AvgIpc) is 2.82. The molecule has 4 rings (SSSR count). The van der Waals surface area contributed by atoms with E-state index in [2.05, 4.69) is 10.3 Å². The lowest BCUT2D eigenvalue weighted by Gasteiger charge is -2.28. The molecule has 1 N–H and O–H groups in total. The summed E-state index contributed by atoms with van der Waals surface area (Å²) in [5, 5.41) is 3.57.